The second-order valence-electron chi connectivity index (χ2n) is 7.25. The van der Waals surface area contributed by atoms with Crippen molar-refractivity contribution in [1.29, 1.82) is 0 Å². The SMILES string of the molecule is Cc1ccc(N([C@@H](C)C(=O)NC[C@H]2COc3ccccc3O2)S(C)(=O)=O)cc1C. The maximum Gasteiger partial charge on any atom is 0.243 e. The zero-order valence-electron chi connectivity index (χ0n) is 17.0. The third-order valence-corrected chi connectivity index (χ3v) is 6.15. The van der Waals surface area contributed by atoms with Gasteiger partial charge in [0.05, 0.1) is 18.5 Å². The van der Waals surface area contributed by atoms with Crippen LogP contribution in [0.25, 0.3) is 0 Å². The summed E-state index contributed by atoms with van der Waals surface area (Å²) in [6.45, 7) is 5.94. The van der Waals surface area contributed by atoms with E-state index in [4.69, 9.17) is 9.47 Å². The zero-order valence-corrected chi connectivity index (χ0v) is 17.8. The molecule has 1 aliphatic rings. The fourth-order valence-electron chi connectivity index (χ4n) is 3.20. The minimum absolute atomic E-state index is 0.210. The molecule has 8 heteroatoms. The molecule has 7 nitrogen and oxygen atoms in total. The molecule has 29 heavy (non-hydrogen) atoms. The summed E-state index contributed by atoms with van der Waals surface area (Å²) in [4.78, 5) is 12.7. The van der Waals surface area contributed by atoms with Gasteiger partial charge in [-0.3, -0.25) is 9.10 Å². The Labute approximate surface area is 171 Å². The number of rotatable bonds is 6. The zero-order chi connectivity index (χ0) is 21.2. The van der Waals surface area contributed by atoms with Crippen molar-refractivity contribution < 1.29 is 22.7 Å². The number of sulfonamides is 1. The molecule has 0 aromatic heterocycles. The number of anilines is 1. The number of fused-ring (bicyclic) bond motifs is 1. The molecule has 0 unspecified atom stereocenters. The van der Waals surface area contributed by atoms with Crippen molar-refractivity contribution in [3.05, 3.63) is 53.6 Å². The molecule has 156 valence electrons. The minimum Gasteiger partial charge on any atom is -0.486 e. The number of carbonyl (C=O) groups excluding carboxylic acids is 1. The molecule has 0 saturated heterocycles. The summed E-state index contributed by atoms with van der Waals surface area (Å²) in [6, 6.07) is 11.7. The Kier molecular flexibility index (Phi) is 6.02. The van der Waals surface area contributed by atoms with Gasteiger partial charge in [-0.1, -0.05) is 18.2 Å². The number of carbonyl (C=O) groups is 1. The predicted octanol–water partition coefficient (Wildman–Crippen LogP) is 2.41. The first kappa shape index (κ1) is 21.0. The summed E-state index contributed by atoms with van der Waals surface area (Å²) in [7, 11) is -3.66. The minimum atomic E-state index is -3.66. The summed E-state index contributed by atoms with van der Waals surface area (Å²) >= 11 is 0. The van der Waals surface area contributed by atoms with Gasteiger partial charge < -0.3 is 14.8 Å². The van der Waals surface area contributed by atoms with E-state index in [0.29, 0.717) is 23.8 Å². The lowest BCUT2D eigenvalue weighted by molar-refractivity contribution is -0.122. The Morgan fingerprint density at radius 3 is 2.52 bits per heavy atom. The van der Waals surface area contributed by atoms with E-state index in [-0.39, 0.29) is 12.6 Å². The Bertz CT molecular complexity index is 1010. The van der Waals surface area contributed by atoms with Crippen molar-refractivity contribution in [2.75, 3.05) is 23.7 Å². The first-order valence-corrected chi connectivity index (χ1v) is 11.2. The Balaban J connectivity index is 1.69. The average molecular weight is 419 g/mol. The molecule has 2 atom stereocenters. The van der Waals surface area contributed by atoms with Gasteiger partial charge >= 0.3 is 0 Å². The predicted molar refractivity (Wildman–Crippen MR) is 112 cm³/mol. The van der Waals surface area contributed by atoms with E-state index < -0.39 is 22.0 Å². The lowest BCUT2D eigenvalue weighted by atomic mass is 10.1. The van der Waals surface area contributed by atoms with E-state index in [1.165, 1.54) is 0 Å². The molecule has 2 aromatic rings. The van der Waals surface area contributed by atoms with E-state index >= 15 is 0 Å². The van der Waals surface area contributed by atoms with Crippen LogP contribution in [0.5, 0.6) is 11.5 Å². The fraction of sp³-hybridized carbons (Fsp3) is 0.381. The van der Waals surface area contributed by atoms with Gasteiger partial charge in [-0.2, -0.15) is 0 Å². The molecule has 3 rings (SSSR count). The number of aryl methyl sites for hydroxylation is 2. The monoisotopic (exact) mass is 418 g/mol. The van der Waals surface area contributed by atoms with Crippen LogP contribution in [0.15, 0.2) is 42.5 Å². The van der Waals surface area contributed by atoms with Crippen LogP contribution >= 0.6 is 0 Å². The van der Waals surface area contributed by atoms with Gasteiger partial charge in [0, 0.05) is 0 Å². The highest BCUT2D eigenvalue weighted by Crippen LogP contribution is 2.30. The summed E-state index contributed by atoms with van der Waals surface area (Å²) in [5, 5.41) is 2.78. The maximum atomic E-state index is 12.7. The summed E-state index contributed by atoms with van der Waals surface area (Å²) in [5.74, 6) is 0.886. The standard InChI is InChI=1S/C21H26N2O5S/c1-14-9-10-17(11-15(14)2)23(29(4,25)26)16(3)21(24)22-12-18-13-27-19-7-5-6-8-20(19)28-18/h5-11,16,18H,12-13H2,1-4H3,(H,22,24)/t16-,18-/m0/s1. The number of hydrogen-bond acceptors (Lipinski definition) is 5. The number of hydrogen-bond donors (Lipinski definition) is 1. The number of amides is 1. The third-order valence-electron chi connectivity index (χ3n) is 4.90. The molecule has 1 amide bonds. The maximum absolute atomic E-state index is 12.7. The molecule has 1 aliphatic heterocycles. The summed E-state index contributed by atoms with van der Waals surface area (Å²) in [5.41, 5.74) is 2.47. The highest BCUT2D eigenvalue weighted by atomic mass is 32.2. The Morgan fingerprint density at radius 1 is 1.17 bits per heavy atom. The molecule has 0 aliphatic carbocycles. The topological polar surface area (TPSA) is 84.9 Å². The van der Waals surface area contributed by atoms with Crippen molar-refractivity contribution >= 4 is 21.6 Å². The average Bonchev–Trinajstić information content (AvgIpc) is 2.67. The van der Waals surface area contributed by atoms with Crippen LogP contribution in [0, 0.1) is 13.8 Å². The lowest BCUT2D eigenvalue weighted by Crippen LogP contribution is -2.50. The second-order valence-corrected chi connectivity index (χ2v) is 9.11. The van der Waals surface area contributed by atoms with Crippen molar-refractivity contribution in [1.82, 2.24) is 5.32 Å². The number of nitrogens with zero attached hydrogens (tertiary/aromatic N) is 1. The Hall–Kier alpha value is -2.74. The number of nitrogens with one attached hydrogen (secondary N) is 1. The lowest BCUT2D eigenvalue weighted by Gasteiger charge is -2.30. The molecule has 0 bridgehead atoms. The van der Waals surface area contributed by atoms with Crippen LogP contribution in [0.4, 0.5) is 5.69 Å². The van der Waals surface area contributed by atoms with Crippen LogP contribution in [0.1, 0.15) is 18.1 Å². The van der Waals surface area contributed by atoms with Crippen molar-refractivity contribution in [2.24, 2.45) is 0 Å². The van der Waals surface area contributed by atoms with Gasteiger partial charge in [-0.25, -0.2) is 8.42 Å². The third kappa shape index (κ3) is 4.82. The van der Waals surface area contributed by atoms with Crippen LogP contribution in [-0.4, -0.2) is 45.9 Å². The van der Waals surface area contributed by atoms with Crippen LogP contribution in [-0.2, 0) is 14.8 Å². The Morgan fingerprint density at radius 2 is 1.86 bits per heavy atom. The second kappa shape index (κ2) is 8.32. The van der Waals surface area contributed by atoms with Gasteiger partial charge in [-0.15, -0.1) is 0 Å². The molecular formula is C21H26N2O5S. The van der Waals surface area contributed by atoms with Crippen LogP contribution in [0.2, 0.25) is 0 Å². The first-order chi connectivity index (χ1) is 13.7. The first-order valence-electron chi connectivity index (χ1n) is 9.39. The van der Waals surface area contributed by atoms with Crippen LogP contribution in [0.3, 0.4) is 0 Å². The number of para-hydroxylation sites is 2. The molecule has 0 fully saturated rings. The number of ether oxygens (including phenoxy) is 2. The normalized spacial score (nSPS) is 16.8. The van der Waals surface area contributed by atoms with Gasteiger partial charge in [0.25, 0.3) is 0 Å². The molecular weight excluding hydrogens is 392 g/mol. The molecule has 1 N–H and O–H groups in total. The van der Waals surface area contributed by atoms with Gasteiger partial charge in [0.15, 0.2) is 11.5 Å². The van der Waals surface area contributed by atoms with E-state index in [9.17, 15) is 13.2 Å². The van der Waals surface area contributed by atoms with E-state index in [2.05, 4.69) is 5.32 Å². The molecule has 0 radical (unpaired) electrons. The van der Waals surface area contributed by atoms with Crippen LogP contribution < -0.4 is 19.1 Å². The van der Waals surface area contributed by atoms with Gasteiger partial charge in [0.2, 0.25) is 15.9 Å². The van der Waals surface area contributed by atoms with Crippen molar-refractivity contribution in [3.63, 3.8) is 0 Å². The fourth-order valence-corrected chi connectivity index (χ4v) is 4.36. The van der Waals surface area contributed by atoms with E-state index in [0.717, 1.165) is 21.7 Å². The highest BCUT2D eigenvalue weighted by Gasteiger charge is 2.30. The van der Waals surface area contributed by atoms with Crippen molar-refractivity contribution in [3.8, 4) is 11.5 Å². The van der Waals surface area contributed by atoms with Gasteiger partial charge in [-0.05, 0) is 56.2 Å². The number of benzene rings is 2. The van der Waals surface area contributed by atoms with E-state index in [1.54, 1.807) is 25.1 Å². The molecule has 2 aromatic carbocycles. The smallest absolute Gasteiger partial charge is 0.243 e. The molecule has 0 saturated carbocycles. The highest BCUT2D eigenvalue weighted by molar-refractivity contribution is 7.92. The summed E-state index contributed by atoms with van der Waals surface area (Å²) in [6.07, 6.45) is 0.746. The van der Waals surface area contributed by atoms with Gasteiger partial charge in [0.1, 0.15) is 18.8 Å². The van der Waals surface area contributed by atoms with Crippen molar-refractivity contribution in [2.45, 2.75) is 32.9 Å². The van der Waals surface area contributed by atoms with E-state index in [1.807, 2.05) is 38.1 Å². The quantitative estimate of drug-likeness (QED) is 0.779. The molecule has 0 spiro atoms. The largest absolute Gasteiger partial charge is 0.486 e. The summed E-state index contributed by atoms with van der Waals surface area (Å²) < 4.78 is 37.5. The molecule has 1 heterocycles.